The monoisotopic (exact) mass is 472 g/mol. The summed E-state index contributed by atoms with van der Waals surface area (Å²) in [6.07, 6.45) is -3.22. The van der Waals surface area contributed by atoms with Crippen LogP contribution >= 0.6 is 0 Å². The number of urea groups is 1. The number of aromatic nitrogens is 2. The number of rotatable bonds is 5. The van der Waals surface area contributed by atoms with Gasteiger partial charge in [0.25, 0.3) is 5.91 Å². The number of hydrogen-bond donors (Lipinski definition) is 3. The molecule has 0 aliphatic heterocycles. The normalized spacial score (nSPS) is 11.0. The maximum atomic E-state index is 13.2. The SMILES string of the molecule is CNc1cc(N(C)C(=O)Nc2cc(C(=O)Nc3cccc(C(F)(F)F)c3C)ccc2C)ncn1. The molecular weight excluding hydrogens is 449 g/mol. The zero-order valence-corrected chi connectivity index (χ0v) is 18.9. The van der Waals surface area contributed by atoms with Crippen LogP contribution in [0.2, 0.25) is 0 Å². The summed E-state index contributed by atoms with van der Waals surface area (Å²) >= 11 is 0. The molecule has 3 N–H and O–H groups in total. The molecule has 3 amide bonds. The van der Waals surface area contributed by atoms with Gasteiger partial charge in [0.05, 0.1) is 5.56 Å². The molecule has 34 heavy (non-hydrogen) atoms. The third kappa shape index (κ3) is 5.42. The highest BCUT2D eigenvalue weighted by atomic mass is 19.4. The number of carbonyl (C=O) groups is 2. The number of anilines is 4. The van der Waals surface area contributed by atoms with Crippen LogP contribution in [0.25, 0.3) is 0 Å². The topological polar surface area (TPSA) is 99.2 Å². The van der Waals surface area contributed by atoms with Crippen LogP contribution < -0.4 is 20.9 Å². The third-order valence-corrected chi connectivity index (χ3v) is 5.19. The zero-order chi connectivity index (χ0) is 25.0. The Morgan fingerprint density at radius 1 is 0.971 bits per heavy atom. The minimum absolute atomic E-state index is 0.0508. The number of benzene rings is 2. The van der Waals surface area contributed by atoms with Gasteiger partial charge < -0.3 is 16.0 Å². The average Bonchev–Trinajstić information content (AvgIpc) is 2.80. The van der Waals surface area contributed by atoms with E-state index in [4.69, 9.17) is 0 Å². The van der Waals surface area contributed by atoms with Gasteiger partial charge in [-0.15, -0.1) is 0 Å². The summed E-state index contributed by atoms with van der Waals surface area (Å²) in [7, 11) is 3.21. The summed E-state index contributed by atoms with van der Waals surface area (Å²) in [6.45, 7) is 3.04. The number of halogens is 3. The van der Waals surface area contributed by atoms with E-state index in [1.165, 1.54) is 49.5 Å². The van der Waals surface area contributed by atoms with Gasteiger partial charge in [-0.2, -0.15) is 13.2 Å². The van der Waals surface area contributed by atoms with Crippen molar-refractivity contribution in [2.75, 3.05) is 34.9 Å². The first-order valence-electron chi connectivity index (χ1n) is 10.1. The van der Waals surface area contributed by atoms with E-state index in [-0.39, 0.29) is 16.8 Å². The number of carbonyl (C=O) groups excluding carboxylic acids is 2. The second kappa shape index (κ2) is 9.77. The van der Waals surface area contributed by atoms with Gasteiger partial charge in [0.2, 0.25) is 0 Å². The molecule has 0 saturated carbocycles. The Balaban J connectivity index is 1.80. The Morgan fingerprint density at radius 2 is 1.71 bits per heavy atom. The van der Waals surface area contributed by atoms with E-state index in [0.29, 0.717) is 22.9 Å². The lowest BCUT2D eigenvalue weighted by molar-refractivity contribution is -0.138. The lowest BCUT2D eigenvalue weighted by Crippen LogP contribution is -2.32. The van der Waals surface area contributed by atoms with Crippen LogP contribution in [0.5, 0.6) is 0 Å². The van der Waals surface area contributed by atoms with Gasteiger partial charge in [0, 0.05) is 37.1 Å². The van der Waals surface area contributed by atoms with E-state index < -0.39 is 23.7 Å². The van der Waals surface area contributed by atoms with Gasteiger partial charge in [-0.3, -0.25) is 9.69 Å². The number of amides is 3. The molecule has 1 aromatic heterocycles. The van der Waals surface area contributed by atoms with Crippen molar-refractivity contribution in [3.8, 4) is 0 Å². The predicted octanol–water partition coefficient (Wildman–Crippen LogP) is 5.07. The molecule has 8 nitrogen and oxygen atoms in total. The highest BCUT2D eigenvalue weighted by molar-refractivity contribution is 6.07. The minimum atomic E-state index is -4.53. The molecule has 0 spiro atoms. The molecule has 2 aromatic carbocycles. The second-order valence-corrected chi connectivity index (χ2v) is 7.46. The van der Waals surface area contributed by atoms with Crippen molar-refractivity contribution in [1.29, 1.82) is 0 Å². The standard InChI is InChI=1S/C23H23F3N6O2/c1-13-8-9-15(21(33)30-17-7-5-6-16(14(17)2)23(24,25)26)10-18(13)31-22(34)32(4)20-11-19(27-3)28-12-29-20/h5-12H,1-4H3,(H,30,33)(H,31,34)(H,27,28,29). The van der Waals surface area contributed by atoms with Gasteiger partial charge in [0.1, 0.15) is 18.0 Å². The Labute approximate surface area is 194 Å². The smallest absolute Gasteiger partial charge is 0.373 e. The summed E-state index contributed by atoms with van der Waals surface area (Å²) in [5.74, 6) is 0.272. The van der Waals surface area contributed by atoms with Crippen molar-refractivity contribution in [2.45, 2.75) is 20.0 Å². The molecule has 0 aliphatic carbocycles. The van der Waals surface area contributed by atoms with E-state index in [1.807, 2.05) is 0 Å². The fourth-order valence-electron chi connectivity index (χ4n) is 3.14. The van der Waals surface area contributed by atoms with E-state index in [9.17, 15) is 22.8 Å². The van der Waals surface area contributed by atoms with Crippen LogP contribution in [0.4, 0.5) is 41.0 Å². The Kier molecular flexibility index (Phi) is 7.04. The van der Waals surface area contributed by atoms with Crippen molar-refractivity contribution in [1.82, 2.24) is 9.97 Å². The van der Waals surface area contributed by atoms with E-state index >= 15 is 0 Å². The summed E-state index contributed by atoms with van der Waals surface area (Å²) in [5, 5.41) is 8.10. The summed E-state index contributed by atoms with van der Waals surface area (Å²) in [6, 6.07) is 9.29. The molecule has 0 radical (unpaired) electrons. The minimum Gasteiger partial charge on any atom is -0.373 e. The summed E-state index contributed by atoms with van der Waals surface area (Å²) < 4.78 is 39.5. The van der Waals surface area contributed by atoms with Crippen molar-refractivity contribution in [3.05, 3.63) is 71.0 Å². The number of nitrogens with one attached hydrogen (secondary N) is 3. The zero-order valence-electron chi connectivity index (χ0n) is 18.9. The second-order valence-electron chi connectivity index (χ2n) is 7.46. The lowest BCUT2D eigenvalue weighted by atomic mass is 10.1. The molecule has 11 heteroatoms. The molecule has 0 fully saturated rings. The van der Waals surface area contributed by atoms with Gasteiger partial charge in [0.15, 0.2) is 0 Å². The molecular formula is C23H23F3N6O2. The Hall–Kier alpha value is -4.15. The molecule has 3 aromatic rings. The molecule has 178 valence electrons. The van der Waals surface area contributed by atoms with Crippen LogP contribution in [0.3, 0.4) is 0 Å². The third-order valence-electron chi connectivity index (χ3n) is 5.19. The molecule has 1 heterocycles. The lowest BCUT2D eigenvalue weighted by Gasteiger charge is -2.19. The van der Waals surface area contributed by atoms with Crippen LogP contribution in [-0.2, 0) is 6.18 Å². The molecule has 3 rings (SSSR count). The number of aryl methyl sites for hydroxylation is 1. The quantitative estimate of drug-likeness (QED) is 0.481. The largest absolute Gasteiger partial charge is 0.416 e. The highest BCUT2D eigenvalue weighted by Crippen LogP contribution is 2.34. The molecule has 0 atom stereocenters. The molecule has 0 unspecified atom stereocenters. The first-order chi connectivity index (χ1) is 16.0. The summed E-state index contributed by atoms with van der Waals surface area (Å²) in [4.78, 5) is 34.8. The van der Waals surface area contributed by atoms with Gasteiger partial charge >= 0.3 is 12.2 Å². The predicted molar refractivity (Wildman–Crippen MR) is 124 cm³/mol. The van der Waals surface area contributed by atoms with Crippen LogP contribution in [0.1, 0.15) is 27.0 Å². The van der Waals surface area contributed by atoms with Crippen LogP contribution in [0.15, 0.2) is 48.8 Å². The van der Waals surface area contributed by atoms with Gasteiger partial charge in [-0.25, -0.2) is 14.8 Å². The van der Waals surface area contributed by atoms with Crippen molar-refractivity contribution < 1.29 is 22.8 Å². The van der Waals surface area contributed by atoms with Crippen LogP contribution in [0, 0.1) is 13.8 Å². The summed E-state index contributed by atoms with van der Waals surface area (Å²) in [5.41, 5.74) is 0.364. The van der Waals surface area contributed by atoms with Crippen LogP contribution in [-0.4, -0.2) is 36.0 Å². The van der Waals surface area contributed by atoms with Crippen molar-refractivity contribution in [3.63, 3.8) is 0 Å². The fraction of sp³-hybridized carbons (Fsp3) is 0.217. The van der Waals surface area contributed by atoms with Gasteiger partial charge in [-0.1, -0.05) is 12.1 Å². The molecule has 0 bridgehead atoms. The number of hydrogen-bond acceptors (Lipinski definition) is 5. The van der Waals surface area contributed by atoms with E-state index in [0.717, 1.165) is 6.07 Å². The van der Waals surface area contributed by atoms with E-state index in [2.05, 4.69) is 25.9 Å². The maximum absolute atomic E-state index is 13.2. The van der Waals surface area contributed by atoms with Crippen molar-refractivity contribution >= 4 is 34.9 Å². The highest BCUT2D eigenvalue weighted by Gasteiger charge is 2.33. The fourth-order valence-corrected chi connectivity index (χ4v) is 3.14. The number of nitrogens with zero attached hydrogens (tertiary/aromatic N) is 3. The van der Waals surface area contributed by atoms with Crippen molar-refractivity contribution in [2.24, 2.45) is 0 Å². The number of alkyl halides is 3. The molecule has 0 saturated heterocycles. The van der Waals surface area contributed by atoms with E-state index in [1.54, 1.807) is 26.1 Å². The molecule has 0 aliphatic rings. The maximum Gasteiger partial charge on any atom is 0.416 e. The average molecular weight is 472 g/mol. The first-order valence-corrected chi connectivity index (χ1v) is 10.1. The van der Waals surface area contributed by atoms with Gasteiger partial charge in [-0.05, 0) is 49.2 Å². The Morgan fingerprint density at radius 3 is 2.38 bits per heavy atom. The Bertz CT molecular complexity index is 1230. The first kappa shape index (κ1) is 24.5.